The lowest BCUT2D eigenvalue weighted by atomic mass is 10.1. The summed E-state index contributed by atoms with van der Waals surface area (Å²) in [5.41, 5.74) is 0.794. The van der Waals surface area contributed by atoms with E-state index in [1.54, 1.807) is 31.2 Å². The highest BCUT2D eigenvalue weighted by Gasteiger charge is 2.37. The molecule has 1 N–H and O–H groups in total. The molecule has 2 nitrogen and oxygen atoms in total. The maximum Gasteiger partial charge on any atom is 0.327 e. The van der Waals surface area contributed by atoms with E-state index in [-0.39, 0.29) is 0 Å². The molecule has 0 bridgehead atoms. The number of hydrogen-bond donors (Lipinski definition) is 1. The second-order valence-electron chi connectivity index (χ2n) is 3.41. The van der Waals surface area contributed by atoms with Gasteiger partial charge in [0.25, 0.3) is 0 Å². The minimum atomic E-state index is -3.32. The number of alkyl halides is 2. The van der Waals surface area contributed by atoms with Gasteiger partial charge in [-0.15, -0.1) is 0 Å². The van der Waals surface area contributed by atoms with Gasteiger partial charge in [0.15, 0.2) is 5.76 Å². The van der Waals surface area contributed by atoms with Crippen molar-refractivity contribution in [2.75, 3.05) is 6.61 Å². The molecule has 0 atom stereocenters. The summed E-state index contributed by atoms with van der Waals surface area (Å²) >= 11 is 0. The monoisotopic (exact) mass is 212 g/mol. The molecule has 0 spiro atoms. The summed E-state index contributed by atoms with van der Waals surface area (Å²) < 4.78 is 31.5. The van der Waals surface area contributed by atoms with Crippen LogP contribution in [0.3, 0.4) is 0 Å². The van der Waals surface area contributed by atoms with Gasteiger partial charge in [0, 0.05) is 10.9 Å². The second kappa shape index (κ2) is 3.31. The van der Waals surface area contributed by atoms with Crippen LogP contribution in [-0.2, 0) is 5.92 Å². The molecule has 1 aromatic heterocycles. The van der Waals surface area contributed by atoms with Crippen molar-refractivity contribution in [2.24, 2.45) is 0 Å². The maximum atomic E-state index is 13.2. The molecular formula is C11H10F2O2. The average molecular weight is 212 g/mol. The first-order chi connectivity index (χ1) is 7.06. The zero-order valence-electron chi connectivity index (χ0n) is 8.13. The topological polar surface area (TPSA) is 33.4 Å². The molecule has 0 saturated carbocycles. The fourth-order valence-electron chi connectivity index (χ4n) is 1.60. The summed E-state index contributed by atoms with van der Waals surface area (Å²) in [4.78, 5) is 0. The van der Waals surface area contributed by atoms with E-state index in [4.69, 9.17) is 9.52 Å². The standard InChI is InChI=1S/C11H10F2O2/c1-7-8-4-2-3-5-9(8)15-10(7)11(12,13)6-14/h2-5,14H,6H2,1H3. The molecule has 0 aliphatic carbocycles. The van der Waals surface area contributed by atoms with Gasteiger partial charge in [-0.3, -0.25) is 0 Å². The molecule has 0 fully saturated rings. The lowest BCUT2D eigenvalue weighted by molar-refractivity contribution is -0.0718. The van der Waals surface area contributed by atoms with E-state index < -0.39 is 18.3 Å². The van der Waals surface area contributed by atoms with Crippen molar-refractivity contribution in [3.05, 3.63) is 35.6 Å². The van der Waals surface area contributed by atoms with Crippen LogP contribution >= 0.6 is 0 Å². The number of aliphatic hydroxyl groups is 1. The van der Waals surface area contributed by atoms with Gasteiger partial charge in [0.05, 0.1) is 0 Å². The fraction of sp³-hybridized carbons (Fsp3) is 0.273. The Bertz CT molecular complexity index is 488. The Labute approximate surface area is 85.1 Å². The van der Waals surface area contributed by atoms with Gasteiger partial charge in [-0.25, -0.2) is 0 Å². The van der Waals surface area contributed by atoms with E-state index >= 15 is 0 Å². The maximum absolute atomic E-state index is 13.2. The van der Waals surface area contributed by atoms with Crippen LogP contribution in [0.15, 0.2) is 28.7 Å². The Morgan fingerprint density at radius 3 is 2.60 bits per heavy atom. The molecule has 0 saturated heterocycles. The number of aryl methyl sites for hydroxylation is 1. The van der Waals surface area contributed by atoms with Crippen molar-refractivity contribution in [3.8, 4) is 0 Å². The molecule has 0 aliphatic rings. The van der Waals surface area contributed by atoms with Crippen molar-refractivity contribution < 1.29 is 18.3 Å². The Morgan fingerprint density at radius 2 is 2.00 bits per heavy atom. The molecule has 4 heteroatoms. The third kappa shape index (κ3) is 1.51. The van der Waals surface area contributed by atoms with E-state index in [0.29, 0.717) is 16.5 Å². The normalized spacial score (nSPS) is 12.3. The highest BCUT2D eigenvalue weighted by molar-refractivity contribution is 5.82. The third-order valence-corrected chi connectivity index (χ3v) is 2.37. The summed E-state index contributed by atoms with van der Waals surface area (Å²) in [6, 6.07) is 6.81. The molecule has 0 unspecified atom stereocenters. The zero-order valence-corrected chi connectivity index (χ0v) is 8.13. The predicted molar refractivity (Wildman–Crippen MR) is 51.9 cm³/mol. The minimum absolute atomic E-state index is 0.379. The van der Waals surface area contributed by atoms with Crippen LogP contribution in [-0.4, -0.2) is 11.7 Å². The van der Waals surface area contributed by atoms with Crippen LogP contribution in [0.2, 0.25) is 0 Å². The lowest BCUT2D eigenvalue weighted by Crippen LogP contribution is -2.18. The number of halogens is 2. The van der Waals surface area contributed by atoms with Gasteiger partial charge in [0.1, 0.15) is 12.2 Å². The molecule has 1 aromatic carbocycles. The van der Waals surface area contributed by atoms with E-state index in [0.717, 1.165) is 0 Å². The first-order valence-electron chi connectivity index (χ1n) is 4.53. The van der Waals surface area contributed by atoms with E-state index in [1.165, 1.54) is 0 Å². The van der Waals surface area contributed by atoms with Gasteiger partial charge in [0.2, 0.25) is 0 Å². The molecule has 1 heterocycles. The molecule has 2 aromatic rings. The lowest BCUT2D eigenvalue weighted by Gasteiger charge is -2.10. The molecule has 0 radical (unpaired) electrons. The van der Waals surface area contributed by atoms with Crippen molar-refractivity contribution in [1.29, 1.82) is 0 Å². The minimum Gasteiger partial charge on any atom is -0.454 e. The Hall–Kier alpha value is -1.42. The number of furan rings is 1. The number of fused-ring (bicyclic) bond motifs is 1. The second-order valence-corrected chi connectivity index (χ2v) is 3.41. The summed E-state index contributed by atoms with van der Waals surface area (Å²) in [6.07, 6.45) is 0. The Morgan fingerprint density at radius 1 is 1.33 bits per heavy atom. The van der Waals surface area contributed by atoms with Gasteiger partial charge < -0.3 is 9.52 Å². The van der Waals surface area contributed by atoms with Crippen molar-refractivity contribution >= 4 is 11.0 Å². The number of aliphatic hydroxyl groups excluding tert-OH is 1. The first kappa shape index (κ1) is 10.1. The molecular weight excluding hydrogens is 202 g/mol. The van der Waals surface area contributed by atoms with E-state index in [9.17, 15) is 8.78 Å². The highest BCUT2D eigenvalue weighted by atomic mass is 19.3. The van der Waals surface area contributed by atoms with E-state index in [1.807, 2.05) is 0 Å². The molecule has 2 rings (SSSR count). The molecule has 15 heavy (non-hydrogen) atoms. The summed E-state index contributed by atoms with van der Waals surface area (Å²) in [5, 5.41) is 9.24. The van der Waals surface area contributed by atoms with Gasteiger partial charge >= 0.3 is 5.92 Å². The number of hydrogen-bond acceptors (Lipinski definition) is 2. The number of benzene rings is 1. The van der Waals surface area contributed by atoms with Crippen molar-refractivity contribution in [1.82, 2.24) is 0 Å². The summed E-state index contributed by atoms with van der Waals surface area (Å²) in [5.74, 6) is -3.77. The van der Waals surface area contributed by atoms with Crippen LogP contribution < -0.4 is 0 Å². The zero-order chi connectivity index (χ0) is 11.1. The van der Waals surface area contributed by atoms with Crippen LogP contribution in [0, 0.1) is 6.92 Å². The predicted octanol–water partition coefficient (Wildman–Crippen LogP) is 2.83. The third-order valence-electron chi connectivity index (χ3n) is 2.37. The Balaban J connectivity index is 2.68. The molecule has 80 valence electrons. The first-order valence-corrected chi connectivity index (χ1v) is 4.53. The van der Waals surface area contributed by atoms with Gasteiger partial charge in [-0.05, 0) is 13.0 Å². The van der Waals surface area contributed by atoms with Crippen LogP contribution in [0.4, 0.5) is 8.78 Å². The quantitative estimate of drug-likeness (QED) is 0.830. The smallest absolute Gasteiger partial charge is 0.327 e. The van der Waals surface area contributed by atoms with Gasteiger partial charge in [-0.2, -0.15) is 8.78 Å². The van der Waals surface area contributed by atoms with Crippen molar-refractivity contribution in [3.63, 3.8) is 0 Å². The number of rotatable bonds is 2. The van der Waals surface area contributed by atoms with Gasteiger partial charge in [-0.1, -0.05) is 18.2 Å². The van der Waals surface area contributed by atoms with Crippen molar-refractivity contribution in [2.45, 2.75) is 12.8 Å². The fourth-order valence-corrected chi connectivity index (χ4v) is 1.60. The Kier molecular flexibility index (Phi) is 2.23. The largest absolute Gasteiger partial charge is 0.454 e. The van der Waals surface area contributed by atoms with Crippen LogP contribution in [0.1, 0.15) is 11.3 Å². The van der Waals surface area contributed by atoms with Crippen LogP contribution in [0.25, 0.3) is 11.0 Å². The molecule has 0 amide bonds. The highest BCUT2D eigenvalue weighted by Crippen LogP contribution is 2.35. The van der Waals surface area contributed by atoms with Crippen LogP contribution in [0.5, 0.6) is 0 Å². The molecule has 0 aliphatic heterocycles. The average Bonchev–Trinajstić information content (AvgIpc) is 2.58. The van der Waals surface area contributed by atoms with E-state index in [2.05, 4.69) is 0 Å². The summed E-state index contributed by atoms with van der Waals surface area (Å²) in [6.45, 7) is 0.318. The summed E-state index contributed by atoms with van der Waals surface area (Å²) in [7, 11) is 0. The number of para-hydroxylation sites is 1. The SMILES string of the molecule is Cc1c(C(F)(F)CO)oc2ccccc12.